The van der Waals surface area contributed by atoms with Crippen LogP contribution in [0.1, 0.15) is 18.9 Å². The fourth-order valence-corrected chi connectivity index (χ4v) is 2.52. The van der Waals surface area contributed by atoms with E-state index in [-0.39, 0.29) is 18.7 Å². The monoisotopic (exact) mass is 357 g/mol. The second-order valence-corrected chi connectivity index (χ2v) is 5.68. The Bertz CT molecular complexity index is 561. The van der Waals surface area contributed by atoms with Gasteiger partial charge in [0.05, 0.1) is 12.8 Å². The van der Waals surface area contributed by atoms with E-state index in [0.717, 1.165) is 10.0 Å². The number of rotatable bonds is 5. The largest absolute Gasteiger partial charge is 0.486 e. The molecule has 2 rings (SSSR count). The summed E-state index contributed by atoms with van der Waals surface area (Å²) in [4.78, 5) is 22.5. The van der Waals surface area contributed by atoms with Crippen molar-refractivity contribution in [1.29, 1.82) is 0 Å². The first-order valence-corrected chi connectivity index (χ1v) is 7.34. The van der Waals surface area contributed by atoms with Crippen molar-refractivity contribution >= 4 is 27.8 Å². The Hall–Kier alpha value is -1.76. The van der Waals surface area contributed by atoms with E-state index in [1.165, 1.54) is 0 Å². The maximum atomic E-state index is 11.9. The lowest BCUT2D eigenvalue weighted by molar-refractivity contribution is -0.137. The summed E-state index contributed by atoms with van der Waals surface area (Å²) < 4.78 is 11.7. The lowest BCUT2D eigenvalue weighted by Gasteiger charge is -2.20. The van der Waals surface area contributed by atoms with Crippen LogP contribution in [0.5, 0.6) is 11.5 Å². The molecule has 6 nitrogen and oxygen atoms in total. The van der Waals surface area contributed by atoms with Gasteiger partial charge in [0.15, 0.2) is 11.5 Å². The Labute approximate surface area is 130 Å². The average molecular weight is 358 g/mol. The lowest BCUT2D eigenvalue weighted by Crippen LogP contribution is -2.35. The van der Waals surface area contributed by atoms with Crippen molar-refractivity contribution < 1.29 is 24.2 Å². The normalized spacial score (nSPS) is 14.4. The minimum Gasteiger partial charge on any atom is -0.486 e. The topological polar surface area (TPSA) is 84.9 Å². The molecule has 0 saturated carbocycles. The van der Waals surface area contributed by atoms with Crippen molar-refractivity contribution in [3.05, 3.63) is 22.2 Å². The zero-order chi connectivity index (χ0) is 15.4. The smallest absolute Gasteiger partial charge is 0.305 e. The van der Waals surface area contributed by atoms with Gasteiger partial charge in [-0.15, -0.1) is 0 Å². The Morgan fingerprint density at radius 1 is 1.33 bits per heavy atom. The number of amides is 1. The average Bonchev–Trinajstić information content (AvgIpc) is 2.38. The number of aliphatic carboxylic acids is 1. The van der Waals surface area contributed by atoms with E-state index < -0.39 is 12.0 Å². The predicted molar refractivity (Wildman–Crippen MR) is 78.7 cm³/mol. The summed E-state index contributed by atoms with van der Waals surface area (Å²) in [5.41, 5.74) is 0.763. The molecule has 1 amide bonds. The molecule has 1 unspecified atom stereocenters. The SMILES string of the molecule is CC(CC(=O)O)NC(=O)Cc1cc2c(cc1Br)OCCO2. The Kier molecular flexibility index (Phi) is 5.06. The van der Waals surface area contributed by atoms with Crippen LogP contribution in [0.4, 0.5) is 0 Å². The van der Waals surface area contributed by atoms with Gasteiger partial charge in [-0.25, -0.2) is 0 Å². The van der Waals surface area contributed by atoms with Crippen molar-refractivity contribution in [3.8, 4) is 11.5 Å². The van der Waals surface area contributed by atoms with Gasteiger partial charge in [-0.1, -0.05) is 15.9 Å². The third-order valence-corrected chi connectivity index (χ3v) is 3.69. The van der Waals surface area contributed by atoms with Crippen LogP contribution in [0.3, 0.4) is 0 Å². The molecular weight excluding hydrogens is 342 g/mol. The molecule has 7 heteroatoms. The molecule has 114 valence electrons. The number of ether oxygens (including phenoxy) is 2. The molecule has 2 N–H and O–H groups in total. The Morgan fingerprint density at radius 2 is 1.95 bits per heavy atom. The summed E-state index contributed by atoms with van der Waals surface area (Å²) in [5.74, 6) is 0.0896. The van der Waals surface area contributed by atoms with Gasteiger partial charge in [-0.2, -0.15) is 0 Å². The summed E-state index contributed by atoms with van der Waals surface area (Å²) in [6.45, 7) is 2.65. The number of carbonyl (C=O) groups is 2. The number of nitrogens with one attached hydrogen (secondary N) is 1. The minimum absolute atomic E-state index is 0.103. The molecule has 1 aromatic carbocycles. The quantitative estimate of drug-likeness (QED) is 0.838. The minimum atomic E-state index is -0.941. The fraction of sp³-hybridized carbons (Fsp3) is 0.429. The van der Waals surface area contributed by atoms with Crippen LogP contribution < -0.4 is 14.8 Å². The zero-order valence-electron chi connectivity index (χ0n) is 11.5. The van der Waals surface area contributed by atoms with E-state index >= 15 is 0 Å². The van der Waals surface area contributed by atoms with Gasteiger partial charge < -0.3 is 19.9 Å². The second kappa shape index (κ2) is 6.80. The summed E-state index contributed by atoms with van der Waals surface area (Å²) in [7, 11) is 0. The van der Waals surface area contributed by atoms with Crippen LogP contribution in [-0.2, 0) is 16.0 Å². The highest BCUT2D eigenvalue weighted by Gasteiger charge is 2.17. The molecule has 0 bridgehead atoms. The van der Waals surface area contributed by atoms with Gasteiger partial charge in [0.2, 0.25) is 5.91 Å². The molecule has 0 aromatic heterocycles. The van der Waals surface area contributed by atoms with Gasteiger partial charge in [-0.3, -0.25) is 9.59 Å². The highest BCUT2D eigenvalue weighted by atomic mass is 79.9. The number of fused-ring (bicyclic) bond motifs is 1. The molecule has 1 aromatic rings. The van der Waals surface area contributed by atoms with Crippen LogP contribution in [0, 0.1) is 0 Å². The number of carbonyl (C=O) groups excluding carboxylic acids is 1. The number of carboxylic acid groups (broad SMARTS) is 1. The molecule has 0 saturated heterocycles. The third-order valence-electron chi connectivity index (χ3n) is 2.95. The molecule has 1 atom stereocenters. The first-order chi connectivity index (χ1) is 9.95. The van der Waals surface area contributed by atoms with Crippen molar-refractivity contribution in [2.45, 2.75) is 25.8 Å². The highest BCUT2D eigenvalue weighted by Crippen LogP contribution is 2.35. The number of hydrogen-bond donors (Lipinski definition) is 2. The van der Waals surface area contributed by atoms with E-state index in [0.29, 0.717) is 24.7 Å². The molecule has 1 aliphatic heterocycles. The van der Waals surface area contributed by atoms with E-state index in [1.54, 1.807) is 19.1 Å². The molecule has 0 radical (unpaired) electrons. The second-order valence-electron chi connectivity index (χ2n) is 4.83. The lowest BCUT2D eigenvalue weighted by atomic mass is 10.1. The fourth-order valence-electron chi connectivity index (χ4n) is 2.05. The van der Waals surface area contributed by atoms with Gasteiger partial charge in [0.1, 0.15) is 13.2 Å². The summed E-state index contributed by atoms with van der Waals surface area (Å²) in [6, 6.07) is 3.13. The first-order valence-electron chi connectivity index (χ1n) is 6.55. The first kappa shape index (κ1) is 15.6. The molecule has 1 heterocycles. The summed E-state index contributed by atoms with van der Waals surface area (Å²) in [5, 5.41) is 11.3. The van der Waals surface area contributed by atoms with Crippen LogP contribution >= 0.6 is 15.9 Å². The van der Waals surface area contributed by atoms with Gasteiger partial charge >= 0.3 is 5.97 Å². The molecule has 21 heavy (non-hydrogen) atoms. The highest BCUT2D eigenvalue weighted by molar-refractivity contribution is 9.10. The number of benzene rings is 1. The molecule has 0 aliphatic carbocycles. The van der Waals surface area contributed by atoms with Crippen LogP contribution in [0.15, 0.2) is 16.6 Å². The van der Waals surface area contributed by atoms with Crippen molar-refractivity contribution in [2.24, 2.45) is 0 Å². The predicted octanol–water partition coefficient (Wildman–Crippen LogP) is 1.74. The Balaban J connectivity index is 2.02. The van der Waals surface area contributed by atoms with E-state index in [4.69, 9.17) is 14.6 Å². The van der Waals surface area contributed by atoms with E-state index in [2.05, 4.69) is 21.2 Å². The molecule has 0 spiro atoms. The summed E-state index contributed by atoms with van der Waals surface area (Å²) >= 11 is 3.40. The van der Waals surface area contributed by atoms with Crippen molar-refractivity contribution in [3.63, 3.8) is 0 Å². The van der Waals surface area contributed by atoms with Crippen LogP contribution in [0.2, 0.25) is 0 Å². The third kappa shape index (κ3) is 4.35. The van der Waals surface area contributed by atoms with Crippen molar-refractivity contribution in [2.75, 3.05) is 13.2 Å². The van der Waals surface area contributed by atoms with E-state index in [9.17, 15) is 9.59 Å². The molecule has 0 fully saturated rings. The van der Waals surface area contributed by atoms with E-state index in [1.807, 2.05) is 0 Å². The van der Waals surface area contributed by atoms with Crippen LogP contribution in [-0.4, -0.2) is 36.2 Å². The van der Waals surface area contributed by atoms with Crippen molar-refractivity contribution in [1.82, 2.24) is 5.32 Å². The molecule has 1 aliphatic rings. The van der Waals surface area contributed by atoms with Crippen LogP contribution in [0.25, 0.3) is 0 Å². The number of hydrogen-bond acceptors (Lipinski definition) is 4. The van der Waals surface area contributed by atoms with Gasteiger partial charge in [0, 0.05) is 10.5 Å². The maximum absolute atomic E-state index is 11.9. The number of halogens is 1. The molecular formula is C14H16BrNO5. The number of carboxylic acids is 1. The van der Waals surface area contributed by atoms with Gasteiger partial charge in [-0.05, 0) is 24.6 Å². The maximum Gasteiger partial charge on any atom is 0.305 e. The zero-order valence-corrected chi connectivity index (χ0v) is 13.1. The summed E-state index contributed by atoms with van der Waals surface area (Å²) in [6.07, 6.45) is 0.0369. The standard InChI is InChI=1S/C14H16BrNO5/c1-8(4-14(18)19)16-13(17)6-9-5-11-12(7-10(9)15)21-3-2-20-11/h5,7-8H,2-4,6H2,1H3,(H,16,17)(H,18,19). The van der Waals surface area contributed by atoms with Gasteiger partial charge in [0.25, 0.3) is 0 Å². The Morgan fingerprint density at radius 3 is 2.57 bits per heavy atom.